The van der Waals surface area contributed by atoms with Gasteiger partial charge in [0.15, 0.2) is 0 Å². The van der Waals surface area contributed by atoms with Crippen LogP contribution in [0.3, 0.4) is 0 Å². The van der Waals surface area contributed by atoms with Gasteiger partial charge in [-0.3, -0.25) is 4.79 Å². The molecule has 0 aromatic rings. The van der Waals surface area contributed by atoms with Crippen LogP contribution in [-0.4, -0.2) is 49.2 Å². The Labute approximate surface area is 103 Å². The molecule has 0 aromatic carbocycles. The van der Waals surface area contributed by atoms with Crippen LogP contribution in [0.25, 0.3) is 0 Å². The first-order valence-corrected chi connectivity index (χ1v) is 5.81. The number of piperazine rings is 1. The third kappa shape index (κ3) is 2.67. The lowest BCUT2D eigenvalue weighted by atomic mass is 10.0. The van der Waals surface area contributed by atoms with Gasteiger partial charge in [-0.15, -0.1) is 12.4 Å². The third-order valence-electron chi connectivity index (χ3n) is 3.60. The summed E-state index contributed by atoms with van der Waals surface area (Å²) < 4.78 is 5.27. The van der Waals surface area contributed by atoms with E-state index >= 15 is 0 Å². The molecule has 94 valence electrons. The van der Waals surface area contributed by atoms with Gasteiger partial charge in [0.1, 0.15) is 0 Å². The SMILES string of the molecule is CC1NCCN(C(=O)C2CCOC2)C1C.Cl. The minimum atomic E-state index is 0. The minimum Gasteiger partial charge on any atom is -0.381 e. The van der Waals surface area contributed by atoms with Gasteiger partial charge in [0.2, 0.25) is 5.91 Å². The van der Waals surface area contributed by atoms with Crippen LogP contribution in [0, 0.1) is 5.92 Å². The molecule has 0 saturated carbocycles. The Balaban J connectivity index is 0.00000128. The number of amides is 1. The van der Waals surface area contributed by atoms with Gasteiger partial charge in [-0.1, -0.05) is 0 Å². The van der Waals surface area contributed by atoms with E-state index in [1.165, 1.54) is 0 Å². The van der Waals surface area contributed by atoms with Crippen molar-refractivity contribution in [1.29, 1.82) is 0 Å². The molecule has 0 aliphatic carbocycles. The van der Waals surface area contributed by atoms with Crippen LogP contribution in [-0.2, 0) is 9.53 Å². The molecule has 0 radical (unpaired) electrons. The number of hydrogen-bond acceptors (Lipinski definition) is 3. The van der Waals surface area contributed by atoms with Crippen molar-refractivity contribution in [2.45, 2.75) is 32.4 Å². The van der Waals surface area contributed by atoms with Crippen molar-refractivity contribution >= 4 is 18.3 Å². The number of carbonyl (C=O) groups excluding carboxylic acids is 1. The Hall–Kier alpha value is -0.320. The molecule has 0 bridgehead atoms. The topological polar surface area (TPSA) is 41.6 Å². The first kappa shape index (κ1) is 13.7. The summed E-state index contributed by atoms with van der Waals surface area (Å²) in [6.07, 6.45) is 0.893. The van der Waals surface area contributed by atoms with Crippen LogP contribution in [0.1, 0.15) is 20.3 Å². The summed E-state index contributed by atoms with van der Waals surface area (Å²) >= 11 is 0. The second kappa shape index (κ2) is 5.84. The second-order valence-electron chi connectivity index (χ2n) is 4.58. The maximum atomic E-state index is 12.2. The van der Waals surface area contributed by atoms with Gasteiger partial charge < -0.3 is 15.0 Å². The molecule has 3 unspecified atom stereocenters. The number of halogens is 1. The van der Waals surface area contributed by atoms with E-state index in [0.717, 1.165) is 26.1 Å². The summed E-state index contributed by atoms with van der Waals surface area (Å²) in [4.78, 5) is 14.2. The minimum absolute atomic E-state index is 0. The van der Waals surface area contributed by atoms with Gasteiger partial charge in [0.05, 0.1) is 12.5 Å². The van der Waals surface area contributed by atoms with Crippen LogP contribution in [0.5, 0.6) is 0 Å². The lowest BCUT2D eigenvalue weighted by Gasteiger charge is -2.39. The highest BCUT2D eigenvalue weighted by molar-refractivity contribution is 5.85. The van der Waals surface area contributed by atoms with Crippen molar-refractivity contribution < 1.29 is 9.53 Å². The number of ether oxygens (including phenoxy) is 1. The Kier molecular flexibility index (Phi) is 5.02. The van der Waals surface area contributed by atoms with E-state index in [0.29, 0.717) is 18.7 Å². The van der Waals surface area contributed by atoms with Crippen LogP contribution < -0.4 is 5.32 Å². The van der Waals surface area contributed by atoms with Gasteiger partial charge in [-0.25, -0.2) is 0 Å². The molecule has 16 heavy (non-hydrogen) atoms. The molecule has 0 spiro atoms. The smallest absolute Gasteiger partial charge is 0.228 e. The Morgan fingerprint density at radius 2 is 2.19 bits per heavy atom. The van der Waals surface area contributed by atoms with Crippen molar-refractivity contribution in [1.82, 2.24) is 10.2 Å². The fourth-order valence-corrected chi connectivity index (χ4v) is 2.33. The predicted octanol–water partition coefficient (Wildman–Crippen LogP) is 0.653. The predicted molar refractivity (Wildman–Crippen MR) is 64.8 cm³/mol. The Bertz CT molecular complexity index is 244. The third-order valence-corrected chi connectivity index (χ3v) is 3.60. The Morgan fingerprint density at radius 1 is 1.44 bits per heavy atom. The van der Waals surface area contributed by atoms with E-state index in [-0.39, 0.29) is 24.2 Å². The molecular formula is C11H21ClN2O2. The summed E-state index contributed by atoms with van der Waals surface area (Å²) in [6, 6.07) is 0.692. The van der Waals surface area contributed by atoms with Gasteiger partial charge in [0, 0.05) is 31.8 Å². The zero-order valence-electron chi connectivity index (χ0n) is 9.94. The normalized spacial score (nSPS) is 34.6. The van der Waals surface area contributed by atoms with Gasteiger partial charge in [0.25, 0.3) is 0 Å². The molecule has 3 atom stereocenters. The van der Waals surface area contributed by atoms with E-state index in [9.17, 15) is 4.79 Å². The standard InChI is InChI=1S/C11H20N2O2.ClH/c1-8-9(2)13(5-4-12-8)11(14)10-3-6-15-7-10;/h8-10,12H,3-7H2,1-2H3;1H. The maximum Gasteiger partial charge on any atom is 0.228 e. The quantitative estimate of drug-likeness (QED) is 0.741. The average Bonchev–Trinajstić information content (AvgIpc) is 2.74. The molecule has 5 heteroatoms. The van der Waals surface area contributed by atoms with Crippen LogP contribution in [0.4, 0.5) is 0 Å². The molecule has 1 amide bonds. The fraction of sp³-hybridized carbons (Fsp3) is 0.909. The summed E-state index contributed by atoms with van der Waals surface area (Å²) in [5.74, 6) is 0.395. The van der Waals surface area contributed by atoms with Crippen molar-refractivity contribution in [3.8, 4) is 0 Å². The molecule has 2 saturated heterocycles. The first-order chi connectivity index (χ1) is 7.20. The number of carbonyl (C=O) groups is 1. The van der Waals surface area contributed by atoms with E-state index in [2.05, 4.69) is 19.2 Å². The van der Waals surface area contributed by atoms with Crippen LogP contribution >= 0.6 is 12.4 Å². The summed E-state index contributed by atoms with van der Waals surface area (Å²) in [5, 5.41) is 3.38. The Morgan fingerprint density at radius 3 is 2.81 bits per heavy atom. The van der Waals surface area contributed by atoms with E-state index in [1.54, 1.807) is 0 Å². The molecule has 4 nitrogen and oxygen atoms in total. The number of hydrogen-bond donors (Lipinski definition) is 1. The molecule has 2 rings (SSSR count). The first-order valence-electron chi connectivity index (χ1n) is 5.81. The molecule has 2 heterocycles. The summed E-state index contributed by atoms with van der Waals surface area (Å²) in [7, 11) is 0. The van der Waals surface area contributed by atoms with E-state index in [1.807, 2.05) is 4.90 Å². The highest BCUT2D eigenvalue weighted by Gasteiger charge is 2.33. The monoisotopic (exact) mass is 248 g/mol. The number of rotatable bonds is 1. The molecular weight excluding hydrogens is 228 g/mol. The zero-order chi connectivity index (χ0) is 10.8. The summed E-state index contributed by atoms with van der Waals surface area (Å²) in [6.45, 7) is 7.35. The molecule has 0 aromatic heterocycles. The molecule has 2 aliphatic heterocycles. The lowest BCUT2D eigenvalue weighted by Crippen LogP contribution is -2.58. The largest absolute Gasteiger partial charge is 0.381 e. The second-order valence-corrected chi connectivity index (χ2v) is 4.58. The van der Waals surface area contributed by atoms with Crippen molar-refractivity contribution in [3.05, 3.63) is 0 Å². The number of nitrogens with zero attached hydrogens (tertiary/aromatic N) is 1. The van der Waals surface area contributed by atoms with Crippen LogP contribution in [0.15, 0.2) is 0 Å². The lowest BCUT2D eigenvalue weighted by molar-refractivity contribution is -0.139. The maximum absolute atomic E-state index is 12.2. The fourth-order valence-electron chi connectivity index (χ4n) is 2.33. The summed E-state index contributed by atoms with van der Waals surface area (Å²) in [5.41, 5.74) is 0. The zero-order valence-corrected chi connectivity index (χ0v) is 10.8. The van der Waals surface area contributed by atoms with Crippen molar-refractivity contribution in [2.24, 2.45) is 5.92 Å². The molecule has 2 fully saturated rings. The highest BCUT2D eigenvalue weighted by atomic mass is 35.5. The highest BCUT2D eigenvalue weighted by Crippen LogP contribution is 2.19. The van der Waals surface area contributed by atoms with Gasteiger partial charge in [-0.05, 0) is 20.3 Å². The van der Waals surface area contributed by atoms with Crippen molar-refractivity contribution in [3.63, 3.8) is 0 Å². The van der Waals surface area contributed by atoms with Gasteiger partial charge >= 0.3 is 0 Å². The van der Waals surface area contributed by atoms with Crippen LogP contribution in [0.2, 0.25) is 0 Å². The average molecular weight is 249 g/mol. The number of nitrogens with one attached hydrogen (secondary N) is 1. The van der Waals surface area contributed by atoms with E-state index < -0.39 is 0 Å². The molecule has 1 N–H and O–H groups in total. The van der Waals surface area contributed by atoms with E-state index in [4.69, 9.17) is 4.74 Å². The van der Waals surface area contributed by atoms with Crippen molar-refractivity contribution in [2.75, 3.05) is 26.3 Å². The van der Waals surface area contributed by atoms with Gasteiger partial charge in [-0.2, -0.15) is 0 Å². The molecule has 2 aliphatic rings.